The van der Waals surface area contributed by atoms with E-state index in [4.69, 9.17) is 11.6 Å². The fourth-order valence-electron chi connectivity index (χ4n) is 0.635. The lowest BCUT2D eigenvalue weighted by Crippen LogP contribution is -2.13. The topological polar surface area (TPSA) is 59.9 Å². The molecule has 0 aliphatic carbocycles. The van der Waals surface area contributed by atoms with E-state index in [9.17, 15) is 9.59 Å². The van der Waals surface area contributed by atoms with Gasteiger partial charge in [-0.1, -0.05) is 24.0 Å². The first-order valence-electron chi connectivity index (χ1n) is 3.23. The lowest BCUT2D eigenvalue weighted by molar-refractivity contribution is -0.131. The van der Waals surface area contributed by atoms with Gasteiger partial charge in [0.1, 0.15) is 10.0 Å². The van der Waals surface area contributed by atoms with Crippen molar-refractivity contribution in [2.45, 2.75) is 12.3 Å². The Balaban J connectivity index is 2.85. The highest BCUT2D eigenvalue weighted by Gasteiger charge is 2.25. The molecule has 70 valence electrons. The monoisotopic (exact) mass is 236 g/mol. The van der Waals surface area contributed by atoms with Crippen LogP contribution in [0.1, 0.15) is 15.4 Å². The van der Waals surface area contributed by atoms with Gasteiger partial charge in [0.25, 0.3) is 5.12 Å². The SMILES string of the molecule is Cc1nnc(C(Cl)C(=O)C(=O)S)s1. The average molecular weight is 237 g/mol. The van der Waals surface area contributed by atoms with E-state index in [0.717, 1.165) is 0 Å². The number of rotatable bonds is 3. The van der Waals surface area contributed by atoms with Gasteiger partial charge in [0, 0.05) is 0 Å². The van der Waals surface area contributed by atoms with Crippen LogP contribution in [-0.4, -0.2) is 21.1 Å². The van der Waals surface area contributed by atoms with Crippen molar-refractivity contribution < 1.29 is 9.59 Å². The van der Waals surface area contributed by atoms with Crippen LogP contribution in [0.2, 0.25) is 0 Å². The molecule has 1 atom stereocenters. The molecule has 4 nitrogen and oxygen atoms in total. The maximum absolute atomic E-state index is 11.0. The molecule has 0 N–H and O–H groups in total. The van der Waals surface area contributed by atoms with Gasteiger partial charge < -0.3 is 0 Å². The van der Waals surface area contributed by atoms with Gasteiger partial charge in [-0.25, -0.2) is 0 Å². The second-order valence-electron chi connectivity index (χ2n) is 2.19. The fraction of sp³-hybridized carbons (Fsp3) is 0.333. The number of aryl methyl sites for hydroxylation is 1. The summed E-state index contributed by atoms with van der Waals surface area (Å²) >= 11 is 10.2. The highest BCUT2D eigenvalue weighted by molar-refractivity contribution is 7.98. The van der Waals surface area contributed by atoms with Gasteiger partial charge in [-0.3, -0.25) is 9.59 Å². The number of alkyl halides is 1. The summed E-state index contributed by atoms with van der Waals surface area (Å²) in [5, 5.41) is 6.42. The van der Waals surface area contributed by atoms with Gasteiger partial charge in [0.2, 0.25) is 5.78 Å². The summed E-state index contributed by atoms with van der Waals surface area (Å²) in [5.74, 6) is -0.777. The molecule has 7 heteroatoms. The van der Waals surface area contributed by atoms with E-state index in [0.29, 0.717) is 10.0 Å². The van der Waals surface area contributed by atoms with Gasteiger partial charge in [-0.05, 0) is 6.92 Å². The Bertz CT molecular complexity index is 352. The third-order valence-corrected chi connectivity index (χ3v) is 2.86. The molecule has 0 amide bonds. The Morgan fingerprint density at radius 1 is 1.54 bits per heavy atom. The number of aromatic nitrogens is 2. The molecular weight excluding hydrogens is 232 g/mol. The average Bonchev–Trinajstić information content (AvgIpc) is 2.49. The second kappa shape index (κ2) is 4.17. The Kier molecular flexibility index (Phi) is 3.40. The Hall–Kier alpha value is -0.460. The predicted molar refractivity (Wildman–Crippen MR) is 52.2 cm³/mol. The number of halogens is 1. The van der Waals surface area contributed by atoms with Crippen LogP contribution in [0.4, 0.5) is 0 Å². The minimum atomic E-state index is -1.06. The molecule has 1 aromatic rings. The predicted octanol–water partition coefficient (Wildman–Crippen LogP) is 1.15. The fourth-order valence-corrected chi connectivity index (χ4v) is 1.79. The zero-order chi connectivity index (χ0) is 10.0. The Morgan fingerprint density at radius 3 is 2.54 bits per heavy atom. The van der Waals surface area contributed by atoms with E-state index in [-0.39, 0.29) is 0 Å². The molecule has 0 radical (unpaired) electrons. The number of hydrogen-bond acceptors (Lipinski definition) is 5. The molecule has 0 spiro atoms. The van der Waals surface area contributed by atoms with E-state index in [2.05, 4.69) is 22.8 Å². The summed E-state index contributed by atoms with van der Waals surface area (Å²) in [7, 11) is 0. The van der Waals surface area contributed by atoms with Crippen LogP contribution in [0, 0.1) is 6.92 Å². The molecule has 0 aromatic carbocycles. The number of ketones is 1. The Labute approximate surface area is 88.7 Å². The third kappa shape index (κ3) is 2.49. The van der Waals surface area contributed by atoms with E-state index >= 15 is 0 Å². The molecule has 0 saturated carbocycles. The summed E-state index contributed by atoms with van der Waals surface area (Å²) in [6.07, 6.45) is 0. The molecule has 0 aliphatic rings. The molecule has 0 aliphatic heterocycles. The van der Waals surface area contributed by atoms with Gasteiger partial charge in [-0.2, -0.15) is 0 Å². The number of carbonyl (C=O) groups excluding carboxylic acids is 2. The number of thiol groups is 1. The molecule has 0 fully saturated rings. The maximum Gasteiger partial charge on any atom is 0.254 e. The van der Waals surface area contributed by atoms with Gasteiger partial charge in [0.05, 0.1) is 0 Å². The molecule has 1 heterocycles. The number of hydrogen-bond donors (Lipinski definition) is 1. The zero-order valence-corrected chi connectivity index (χ0v) is 8.99. The van der Waals surface area contributed by atoms with Crippen LogP contribution in [-0.2, 0) is 9.59 Å². The van der Waals surface area contributed by atoms with Crippen molar-refractivity contribution in [3.05, 3.63) is 10.0 Å². The van der Waals surface area contributed by atoms with Crippen molar-refractivity contribution in [1.29, 1.82) is 0 Å². The molecular formula is C6H5ClN2O2S2. The zero-order valence-electron chi connectivity index (χ0n) is 6.52. The first kappa shape index (κ1) is 10.6. The van der Waals surface area contributed by atoms with Crippen molar-refractivity contribution in [2.24, 2.45) is 0 Å². The summed E-state index contributed by atoms with van der Waals surface area (Å²) < 4.78 is 0. The van der Waals surface area contributed by atoms with E-state index in [1.165, 1.54) is 11.3 Å². The standard InChI is InChI=1S/C6H5ClN2O2S2/c1-2-8-9-5(13-2)3(7)4(10)6(11)12/h3H,1H3,(H,11,12). The smallest absolute Gasteiger partial charge is 0.254 e. The second-order valence-corrected chi connectivity index (χ2v) is 4.25. The third-order valence-electron chi connectivity index (χ3n) is 1.20. The number of Topliss-reactive ketones (excluding diaryl/α,β-unsaturated/α-hetero) is 1. The molecule has 1 unspecified atom stereocenters. The van der Waals surface area contributed by atoms with Crippen LogP contribution in [0.15, 0.2) is 0 Å². The quantitative estimate of drug-likeness (QED) is 0.486. The minimum Gasteiger partial charge on any atom is -0.288 e. The van der Waals surface area contributed by atoms with Crippen LogP contribution in [0.3, 0.4) is 0 Å². The summed E-state index contributed by atoms with van der Waals surface area (Å²) in [5.41, 5.74) is 0. The lowest BCUT2D eigenvalue weighted by atomic mass is 10.3. The van der Waals surface area contributed by atoms with Crippen LogP contribution in [0.5, 0.6) is 0 Å². The summed E-state index contributed by atoms with van der Waals surface area (Å²) in [4.78, 5) is 21.6. The van der Waals surface area contributed by atoms with Crippen molar-refractivity contribution >= 4 is 46.5 Å². The first-order valence-corrected chi connectivity index (χ1v) is 4.93. The minimum absolute atomic E-state index is 0.326. The summed E-state index contributed by atoms with van der Waals surface area (Å²) in [6, 6.07) is 0. The normalized spacial score (nSPS) is 12.5. The highest BCUT2D eigenvalue weighted by atomic mass is 35.5. The summed E-state index contributed by atoms with van der Waals surface area (Å²) in [6.45, 7) is 1.73. The molecule has 13 heavy (non-hydrogen) atoms. The van der Waals surface area contributed by atoms with E-state index in [1.807, 2.05) is 0 Å². The van der Waals surface area contributed by atoms with Gasteiger partial charge in [0.15, 0.2) is 5.38 Å². The van der Waals surface area contributed by atoms with Crippen LogP contribution in [0.25, 0.3) is 0 Å². The number of carbonyl (C=O) groups is 2. The molecule has 0 bridgehead atoms. The lowest BCUT2D eigenvalue weighted by Gasteiger charge is -1.98. The molecule has 1 rings (SSSR count). The van der Waals surface area contributed by atoms with E-state index < -0.39 is 16.3 Å². The number of nitrogens with zero attached hydrogens (tertiary/aromatic N) is 2. The van der Waals surface area contributed by atoms with Crippen molar-refractivity contribution in [3.8, 4) is 0 Å². The maximum atomic E-state index is 11.0. The van der Waals surface area contributed by atoms with Gasteiger partial charge in [-0.15, -0.1) is 21.8 Å². The van der Waals surface area contributed by atoms with Gasteiger partial charge >= 0.3 is 0 Å². The largest absolute Gasteiger partial charge is 0.288 e. The molecule has 1 aromatic heterocycles. The van der Waals surface area contributed by atoms with Crippen LogP contribution < -0.4 is 0 Å². The highest BCUT2D eigenvalue weighted by Crippen LogP contribution is 2.24. The first-order chi connectivity index (χ1) is 6.02. The van der Waals surface area contributed by atoms with Crippen molar-refractivity contribution in [3.63, 3.8) is 0 Å². The van der Waals surface area contributed by atoms with Crippen molar-refractivity contribution in [1.82, 2.24) is 10.2 Å². The van der Waals surface area contributed by atoms with E-state index in [1.54, 1.807) is 6.92 Å². The van der Waals surface area contributed by atoms with Crippen LogP contribution >= 0.6 is 35.6 Å². The Morgan fingerprint density at radius 2 is 2.15 bits per heavy atom. The molecule has 0 saturated heterocycles. The van der Waals surface area contributed by atoms with Crippen molar-refractivity contribution in [2.75, 3.05) is 0 Å².